The van der Waals surface area contributed by atoms with E-state index in [1.807, 2.05) is 20.8 Å². The van der Waals surface area contributed by atoms with Crippen LogP contribution in [0.4, 0.5) is 4.79 Å². The van der Waals surface area contributed by atoms with Gasteiger partial charge in [-0.15, -0.1) is 0 Å². The molecule has 1 saturated heterocycles. The minimum atomic E-state index is -0.527. The number of rotatable bonds is 3. The molecule has 0 bridgehead atoms. The van der Waals surface area contributed by atoms with Crippen molar-refractivity contribution >= 4 is 11.9 Å². The number of ether oxygens (including phenoxy) is 1. The molecule has 1 N–H and O–H groups in total. The van der Waals surface area contributed by atoms with E-state index in [2.05, 4.69) is 5.32 Å². The van der Waals surface area contributed by atoms with Crippen LogP contribution in [0, 0.1) is 5.92 Å². The van der Waals surface area contributed by atoms with Crippen molar-refractivity contribution in [1.29, 1.82) is 0 Å². The minimum absolute atomic E-state index is 0.0693. The molecule has 1 aliphatic rings. The van der Waals surface area contributed by atoms with Crippen molar-refractivity contribution in [2.75, 3.05) is 26.7 Å². The zero-order valence-electron chi connectivity index (χ0n) is 12.5. The molecule has 1 rings (SSSR count). The molecule has 1 atom stereocenters. The fourth-order valence-electron chi connectivity index (χ4n) is 2.11. The van der Waals surface area contributed by atoms with Gasteiger partial charge in [0.1, 0.15) is 5.60 Å². The maximum absolute atomic E-state index is 12.2. The molecule has 0 aromatic rings. The zero-order chi connectivity index (χ0) is 14.5. The van der Waals surface area contributed by atoms with Crippen LogP contribution in [0.15, 0.2) is 0 Å². The number of likely N-dealkylation sites (N-methyl/N-ethyl adjacent to an activating group) is 1. The molecule has 0 spiro atoms. The second-order valence-electron chi connectivity index (χ2n) is 6.18. The average Bonchev–Trinajstić information content (AvgIpc) is 2.54. The fraction of sp³-hybridized carbons (Fsp3) is 0.857. The SMILES string of the molecule is CN(CC(=O)C1CCCNCC1)C(=O)OC(C)(C)C. The molecule has 110 valence electrons. The van der Waals surface area contributed by atoms with Crippen LogP contribution in [-0.2, 0) is 9.53 Å². The standard InChI is InChI=1S/C14H26N2O3/c1-14(2,3)19-13(18)16(4)10-12(17)11-6-5-8-15-9-7-11/h11,15H,5-10H2,1-4H3. The van der Waals surface area contributed by atoms with Crippen molar-refractivity contribution in [1.82, 2.24) is 10.2 Å². The van der Waals surface area contributed by atoms with Crippen LogP contribution in [0.25, 0.3) is 0 Å². The van der Waals surface area contributed by atoms with Crippen LogP contribution >= 0.6 is 0 Å². The molecule has 0 aliphatic carbocycles. The normalized spacial score (nSPS) is 20.5. The smallest absolute Gasteiger partial charge is 0.410 e. The molecule has 5 nitrogen and oxygen atoms in total. The van der Waals surface area contributed by atoms with E-state index in [1.54, 1.807) is 7.05 Å². The Morgan fingerprint density at radius 1 is 1.26 bits per heavy atom. The molecule has 0 aromatic heterocycles. The summed E-state index contributed by atoms with van der Waals surface area (Å²) >= 11 is 0. The number of carbonyl (C=O) groups excluding carboxylic acids is 2. The first-order valence-electron chi connectivity index (χ1n) is 6.97. The van der Waals surface area contributed by atoms with Gasteiger partial charge in [0, 0.05) is 13.0 Å². The Bertz CT molecular complexity index is 315. The van der Waals surface area contributed by atoms with E-state index < -0.39 is 11.7 Å². The summed E-state index contributed by atoms with van der Waals surface area (Å²) in [5, 5.41) is 3.28. The van der Waals surface area contributed by atoms with E-state index in [-0.39, 0.29) is 18.2 Å². The van der Waals surface area contributed by atoms with E-state index in [0.29, 0.717) is 0 Å². The Balaban J connectivity index is 2.44. The summed E-state index contributed by atoms with van der Waals surface area (Å²) in [6.45, 7) is 7.45. The number of ketones is 1. The Hall–Kier alpha value is -1.10. The fourth-order valence-corrected chi connectivity index (χ4v) is 2.11. The summed E-state index contributed by atoms with van der Waals surface area (Å²) < 4.78 is 5.23. The second kappa shape index (κ2) is 6.89. The zero-order valence-corrected chi connectivity index (χ0v) is 12.5. The molecule has 1 aliphatic heterocycles. The van der Waals surface area contributed by atoms with Gasteiger partial charge in [-0.3, -0.25) is 4.79 Å². The van der Waals surface area contributed by atoms with Crippen molar-refractivity contribution in [3.8, 4) is 0 Å². The monoisotopic (exact) mass is 270 g/mol. The molecule has 0 radical (unpaired) electrons. The maximum Gasteiger partial charge on any atom is 0.410 e. The Kier molecular flexibility index (Phi) is 5.79. The van der Waals surface area contributed by atoms with Gasteiger partial charge in [-0.25, -0.2) is 4.79 Å². The molecule has 0 saturated carbocycles. The lowest BCUT2D eigenvalue weighted by atomic mass is 9.95. The maximum atomic E-state index is 12.2. The van der Waals surface area contributed by atoms with Gasteiger partial charge in [-0.1, -0.05) is 0 Å². The predicted molar refractivity (Wildman–Crippen MR) is 74.1 cm³/mol. The van der Waals surface area contributed by atoms with Gasteiger partial charge in [0.25, 0.3) is 0 Å². The number of nitrogens with zero attached hydrogens (tertiary/aromatic N) is 1. The Labute approximate surface area is 115 Å². The van der Waals surface area contributed by atoms with Crippen LogP contribution in [-0.4, -0.2) is 49.1 Å². The summed E-state index contributed by atoms with van der Waals surface area (Å²) in [4.78, 5) is 25.3. The van der Waals surface area contributed by atoms with Gasteiger partial charge in [-0.2, -0.15) is 0 Å². The summed E-state index contributed by atoms with van der Waals surface area (Å²) in [6, 6.07) is 0. The number of hydrogen-bond acceptors (Lipinski definition) is 4. The largest absolute Gasteiger partial charge is 0.444 e. The number of hydrogen-bond donors (Lipinski definition) is 1. The topological polar surface area (TPSA) is 58.6 Å². The van der Waals surface area contributed by atoms with Gasteiger partial charge < -0.3 is 15.0 Å². The van der Waals surface area contributed by atoms with Crippen LogP contribution in [0.1, 0.15) is 40.0 Å². The quantitative estimate of drug-likeness (QED) is 0.849. The van der Waals surface area contributed by atoms with E-state index in [0.717, 1.165) is 32.4 Å². The van der Waals surface area contributed by atoms with E-state index >= 15 is 0 Å². The average molecular weight is 270 g/mol. The van der Waals surface area contributed by atoms with Crippen molar-refractivity contribution in [3.05, 3.63) is 0 Å². The highest BCUT2D eigenvalue weighted by molar-refractivity contribution is 5.85. The third-order valence-electron chi connectivity index (χ3n) is 3.13. The molecule has 0 aromatic carbocycles. The van der Waals surface area contributed by atoms with Crippen molar-refractivity contribution in [2.24, 2.45) is 5.92 Å². The lowest BCUT2D eigenvalue weighted by Crippen LogP contribution is -2.38. The Morgan fingerprint density at radius 3 is 2.58 bits per heavy atom. The van der Waals surface area contributed by atoms with E-state index in [1.165, 1.54) is 4.90 Å². The van der Waals surface area contributed by atoms with Crippen LogP contribution in [0.5, 0.6) is 0 Å². The third kappa shape index (κ3) is 6.05. The van der Waals surface area contributed by atoms with Crippen molar-refractivity contribution < 1.29 is 14.3 Å². The second-order valence-corrected chi connectivity index (χ2v) is 6.18. The molecule has 1 heterocycles. The summed E-state index contributed by atoms with van der Waals surface area (Å²) in [5.74, 6) is 0.206. The van der Waals surface area contributed by atoms with Gasteiger partial charge >= 0.3 is 6.09 Å². The predicted octanol–water partition coefficient (Wildman–Crippen LogP) is 1.81. The molecule has 5 heteroatoms. The van der Waals surface area contributed by atoms with E-state index in [4.69, 9.17) is 4.74 Å². The molecule has 1 amide bonds. The number of nitrogens with one attached hydrogen (secondary N) is 1. The van der Waals surface area contributed by atoms with Gasteiger partial charge in [0.15, 0.2) is 5.78 Å². The van der Waals surface area contributed by atoms with Crippen molar-refractivity contribution in [2.45, 2.75) is 45.6 Å². The first-order chi connectivity index (χ1) is 8.79. The van der Waals surface area contributed by atoms with Crippen LogP contribution in [0.2, 0.25) is 0 Å². The first-order valence-corrected chi connectivity index (χ1v) is 6.97. The van der Waals surface area contributed by atoms with Crippen LogP contribution in [0.3, 0.4) is 0 Å². The molecule has 19 heavy (non-hydrogen) atoms. The molecular weight excluding hydrogens is 244 g/mol. The summed E-state index contributed by atoms with van der Waals surface area (Å²) in [7, 11) is 1.61. The molecular formula is C14H26N2O3. The van der Waals surface area contributed by atoms with Crippen molar-refractivity contribution in [3.63, 3.8) is 0 Å². The molecule has 1 fully saturated rings. The van der Waals surface area contributed by atoms with Gasteiger partial charge in [0.2, 0.25) is 0 Å². The van der Waals surface area contributed by atoms with Gasteiger partial charge in [0.05, 0.1) is 6.54 Å². The highest BCUT2D eigenvalue weighted by Gasteiger charge is 2.25. The highest BCUT2D eigenvalue weighted by atomic mass is 16.6. The third-order valence-corrected chi connectivity index (χ3v) is 3.13. The van der Waals surface area contributed by atoms with E-state index in [9.17, 15) is 9.59 Å². The first kappa shape index (κ1) is 16.0. The number of amides is 1. The lowest BCUT2D eigenvalue weighted by molar-refractivity contribution is -0.124. The highest BCUT2D eigenvalue weighted by Crippen LogP contribution is 2.16. The molecule has 1 unspecified atom stereocenters. The van der Waals surface area contributed by atoms with Crippen LogP contribution < -0.4 is 5.32 Å². The number of Topliss-reactive ketones (excluding diaryl/α,β-unsaturated/α-hetero) is 1. The van der Waals surface area contributed by atoms with Gasteiger partial charge in [-0.05, 0) is 53.1 Å². The Morgan fingerprint density at radius 2 is 1.95 bits per heavy atom. The summed E-state index contributed by atoms with van der Waals surface area (Å²) in [5.41, 5.74) is -0.527. The number of carbonyl (C=O) groups is 2. The summed E-state index contributed by atoms with van der Waals surface area (Å²) in [6.07, 6.45) is 2.36. The lowest BCUT2D eigenvalue weighted by Gasteiger charge is -2.25. The minimum Gasteiger partial charge on any atom is -0.444 e.